The lowest BCUT2D eigenvalue weighted by Crippen LogP contribution is -2.42. The molecule has 0 aliphatic carbocycles. The molecule has 3 aromatic rings. The van der Waals surface area contributed by atoms with Crippen molar-refractivity contribution in [1.29, 1.82) is 0 Å². The number of para-hydroxylation sites is 1. The highest BCUT2D eigenvalue weighted by Crippen LogP contribution is 2.19. The number of pyridine rings is 1. The molecule has 1 aromatic carbocycles. The molecule has 0 radical (unpaired) electrons. The van der Waals surface area contributed by atoms with Gasteiger partial charge >= 0.3 is 5.69 Å². The fourth-order valence-corrected chi connectivity index (χ4v) is 3.96. The molecule has 4 rings (SSSR count). The van der Waals surface area contributed by atoms with E-state index in [2.05, 4.69) is 9.98 Å². The van der Waals surface area contributed by atoms with Gasteiger partial charge in [0.25, 0.3) is 5.56 Å². The minimum absolute atomic E-state index is 0.0447. The Morgan fingerprint density at radius 2 is 1.90 bits per heavy atom. The van der Waals surface area contributed by atoms with E-state index in [0.29, 0.717) is 16.3 Å². The summed E-state index contributed by atoms with van der Waals surface area (Å²) in [4.78, 5) is 46.8. The van der Waals surface area contributed by atoms with Crippen LogP contribution in [-0.4, -0.2) is 36.1 Å². The molecule has 0 N–H and O–H groups in total. The van der Waals surface area contributed by atoms with Crippen molar-refractivity contribution in [3.63, 3.8) is 0 Å². The summed E-state index contributed by atoms with van der Waals surface area (Å²) in [6.45, 7) is -0.115. The maximum absolute atomic E-state index is 13.4. The van der Waals surface area contributed by atoms with E-state index in [0.717, 1.165) is 4.57 Å². The summed E-state index contributed by atoms with van der Waals surface area (Å²) in [5.74, 6) is -0.141. The second-order valence-electron chi connectivity index (χ2n) is 6.46. The zero-order chi connectivity index (χ0) is 20.5. The van der Waals surface area contributed by atoms with Gasteiger partial charge in [-0.25, -0.2) is 14.3 Å². The van der Waals surface area contributed by atoms with Gasteiger partial charge in [0.05, 0.1) is 39.7 Å². The number of allylic oxidation sites excluding steroid dienone is 1. The first-order valence-electron chi connectivity index (χ1n) is 8.75. The fraction of sp³-hybridized carbons (Fsp3) is 0.150. The number of rotatable bonds is 4. The molecule has 29 heavy (non-hydrogen) atoms. The highest BCUT2D eigenvalue weighted by molar-refractivity contribution is 7.84. The quantitative estimate of drug-likeness (QED) is 0.646. The van der Waals surface area contributed by atoms with Crippen LogP contribution in [0.1, 0.15) is 6.42 Å². The number of carbonyl (C=O) groups excluding carboxylic acids is 1. The fourth-order valence-electron chi connectivity index (χ4n) is 3.24. The molecular weight excluding hydrogens is 392 g/mol. The summed E-state index contributed by atoms with van der Waals surface area (Å²) in [6.07, 6.45) is 5.76. The lowest BCUT2D eigenvalue weighted by Gasteiger charge is -2.16. The van der Waals surface area contributed by atoms with Crippen LogP contribution in [0.2, 0.25) is 0 Å². The van der Waals surface area contributed by atoms with Gasteiger partial charge in [0.15, 0.2) is 11.4 Å². The van der Waals surface area contributed by atoms with Crippen molar-refractivity contribution in [2.24, 2.45) is 4.99 Å². The van der Waals surface area contributed by atoms with E-state index < -0.39 is 22.0 Å². The monoisotopic (exact) mass is 408 g/mol. The Morgan fingerprint density at radius 3 is 2.66 bits per heavy atom. The minimum Gasteiger partial charge on any atom is -0.294 e. The molecule has 3 heterocycles. The second-order valence-corrected chi connectivity index (χ2v) is 7.81. The maximum atomic E-state index is 13.4. The second kappa shape index (κ2) is 7.51. The molecule has 146 valence electrons. The zero-order valence-electron chi connectivity index (χ0n) is 15.4. The Bertz CT molecular complexity index is 1350. The predicted molar refractivity (Wildman–Crippen MR) is 110 cm³/mol. The molecule has 1 unspecified atom stereocenters. The number of carbonyl (C=O) groups is 1. The third-order valence-corrected chi connectivity index (χ3v) is 5.51. The lowest BCUT2D eigenvalue weighted by molar-refractivity contribution is -0.113. The Hall–Kier alpha value is -3.46. The van der Waals surface area contributed by atoms with Crippen molar-refractivity contribution in [1.82, 2.24) is 14.1 Å². The van der Waals surface area contributed by atoms with Gasteiger partial charge in [-0.3, -0.25) is 23.4 Å². The van der Waals surface area contributed by atoms with Crippen molar-refractivity contribution in [2.45, 2.75) is 17.9 Å². The van der Waals surface area contributed by atoms with Crippen LogP contribution in [-0.2, 0) is 22.1 Å². The zero-order valence-corrected chi connectivity index (χ0v) is 16.3. The van der Waals surface area contributed by atoms with Crippen molar-refractivity contribution >= 4 is 33.3 Å². The molecular formula is C20H16N4O4S. The maximum Gasteiger partial charge on any atom is 0.337 e. The standard InChI is InChI=1S/C20H16N4O4S/c1-29(28)17-7-3-2-6-16(17)24-18-15(5-4-9-22-18)19(26)23(20(24)27)12-13-11-14(25)8-10-21-13/h2-10H,11-12H2,1H3. The first-order valence-corrected chi connectivity index (χ1v) is 10.3. The SMILES string of the molecule is CS(=O)c1ccccc1-n1c(=O)n(CC2=NC=CC(=O)C2)c(=O)c2cccnc21. The van der Waals surface area contributed by atoms with Gasteiger partial charge in [0.1, 0.15) is 0 Å². The van der Waals surface area contributed by atoms with Crippen LogP contribution in [0.4, 0.5) is 0 Å². The average Bonchev–Trinajstić information content (AvgIpc) is 2.71. The highest BCUT2D eigenvalue weighted by atomic mass is 32.2. The summed E-state index contributed by atoms with van der Waals surface area (Å²) in [5.41, 5.74) is -0.174. The van der Waals surface area contributed by atoms with Gasteiger partial charge in [0, 0.05) is 24.4 Å². The molecule has 0 fully saturated rings. The van der Waals surface area contributed by atoms with Crippen LogP contribution < -0.4 is 11.2 Å². The number of ketones is 1. The van der Waals surface area contributed by atoms with Crippen LogP contribution in [0.5, 0.6) is 0 Å². The van der Waals surface area contributed by atoms with Crippen LogP contribution >= 0.6 is 0 Å². The third kappa shape index (κ3) is 3.40. The molecule has 1 atom stereocenters. The van der Waals surface area contributed by atoms with Gasteiger partial charge in [-0.1, -0.05) is 12.1 Å². The van der Waals surface area contributed by atoms with Crippen molar-refractivity contribution < 1.29 is 9.00 Å². The summed E-state index contributed by atoms with van der Waals surface area (Å²) in [7, 11) is -1.37. The Kier molecular flexibility index (Phi) is 4.89. The molecule has 1 aliphatic rings. The number of benzene rings is 1. The Morgan fingerprint density at radius 1 is 1.10 bits per heavy atom. The van der Waals surface area contributed by atoms with Crippen LogP contribution in [0.25, 0.3) is 16.7 Å². The van der Waals surface area contributed by atoms with Gasteiger partial charge in [-0.15, -0.1) is 0 Å². The molecule has 0 saturated heterocycles. The van der Waals surface area contributed by atoms with E-state index in [1.54, 1.807) is 36.4 Å². The molecule has 0 amide bonds. The number of fused-ring (bicyclic) bond motifs is 1. The summed E-state index contributed by atoms with van der Waals surface area (Å²) in [5, 5.41) is 0.238. The van der Waals surface area contributed by atoms with E-state index in [1.807, 2.05) is 0 Å². The van der Waals surface area contributed by atoms with Crippen molar-refractivity contribution in [3.8, 4) is 5.69 Å². The van der Waals surface area contributed by atoms with E-state index in [-0.39, 0.29) is 29.8 Å². The van der Waals surface area contributed by atoms with E-state index in [9.17, 15) is 18.6 Å². The third-order valence-electron chi connectivity index (χ3n) is 4.55. The largest absolute Gasteiger partial charge is 0.337 e. The van der Waals surface area contributed by atoms with E-state index >= 15 is 0 Å². The summed E-state index contributed by atoms with van der Waals surface area (Å²) in [6, 6.07) is 9.96. The van der Waals surface area contributed by atoms with Gasteiger partial charge in [-0.05, 0) is 30.3 Å². The molecule has 8 nitrogen and oxygen atoms in total. The Labute approximate surface area is 167 Å². The molecule has 2 aromatic heterocycles. The highest BCUT2D eigenvalue weighted by Gasteiger charge is 2.20. The van der Waals surface area contributed by atoms with Crippen LogP contribution in [0.15, 0.2) is 74.3 Å². The molecule has 1 aliphatic heterocycles. The normalized spacial score (nSPS) is 14.8. The summed E-state index contributed by atoms with van der Waals surface area (Å²) < 4.78 is 14.6. The molecule has 0 saturated carbocycles. The molecule has 9 heteroatoms. The number of hydrogen-bond donors (Lipinski definition) is 0. The summed E-state index contributed by atoms with van der Waals surface area (Å²) >= 11 is 0. The first-order chi connectivity index (χ1) is 14.0. The van der Waals surface area contributed by atoms with Crippen molar-refractivity contribution in [3.05, 3.63) is 75.7 Å². The van der Waals surface area contributed by atoms with Gasteiger partial charge in [-0.2, -0.15) is 0 Å². The molecule has 0 bridgehead atoms. The number of aromatic nitrogens is 3. The lowest BCUT2D eigenvalue weighted by atomic mass is 10.1. The van der Waals surface area contributed by atoms with Crippen LogP contribution in [0.3, 0.4) is 0 Å². The number of nitrogens with zero attached hydrogens (tertiary/aromatic N) is 4. The van der Waals surface area contributed by atoms with Gasteiger partial charge in [0.2, 0.25) is 0 Å². The average molecular weight is 408 g/mol. The van der Waals surface area contributed by atoms with Crippen molar-refractivity contribution in [2.75, 3.05) is 6.26 Å². The Balaban J connectivity index is 2.03. The minimum atomic E-state index is -1.37. The topological polar surface area (TPSA) is 103 Å². The van der Waals surface area contributed by atoms with Gasteiger partial charge < -0.3 is 0 Å². The predicted octanol–water partition coefficient (Wildman–Crippen LogP) is 1.21. The van der Waals surface area contributed by atoms with E-state index in [1.165, 1.54) is 29.3 Å². The van der Waals surface area contributed by atoms with Crippen LogP contribution in [0, 0.1) is 0 Å². The van der Waals surface area contributed by atoms with E-state index in [4.69, 9.17) is 0 Å². The first kappa shape index (κ1) is 18.9. The number of hydrogen-bond acceptors (Lipinski definition) is 6. The number of aliphatic imine (C=N–C) groups is 1. The molecule has 0 spiro atoms. The smallest absolute Gasteiger partial charge is 0.294 e.